The number of aryl methyl sites for hydroxylation is 1. The van der Waals surface area contributed by atoms with Crippen molar-refractivity contribution in [3.8, 4) is 0 Å². The van der Waals surface area contributed by atoms with Crippen molar-refractivity contribution >= 4 is 17.3 Å². The largest absolute Gasteiger partial charge is 0.358 e. The van der Waals surface area contributed by atoms with Crippen LogP contribution < -0.4 is 5.32 Å². The van der Waals surface area contributed by atoms with Gasteiger partial charge in [-0.05, 0) is 30.4 Å². The quantitative estimate of drug-likeness (QED) is 0.860. The molecule has 2 aromatic rings. The normalized spacial score (nSPS) is 21.0. The van der Waals surface area contributed by atoms with Gasteiger partial charge in [0.15, 0.2) is 11.6 Å². The van der Waals surface area contributed by atoms with E-state index >= 15 is 0 Å². The number of rotatable bonds is 2. The number of carbonyl (C=O) groups excluding carboxylic acids is 2. The molecule has 0 saturated carbocycles. The van der Waals surface area contributed by atoms with Crippen molar-refractivity contribution < 1.29 is 9.59 Å². The lowest BCUT2D eigenvalue weighted by atomic mass is 9.75. The number of ketones is 2. The predicted octanol–water partition coefficient (Wildman–Crippen LogP) is 4.55. The van der Waals surface area contributed by atoms with E-state index in [1.807, 2.05) is 24.3 Å². The van der Waals surface area contributed by atoms with Crippen molar-refractivity contribution in [2.75, 3.05) is 0 Å². The summed E-state index contributed by atoms with van der Waals surface area (Å²) in [6, 6.07) is 16.1. The fourth-order valence-electron chi connectivity index (χ4n) is 4.62. The molecule has 0 aromatic heterocycles. The highest BCUT2D eigenvalue weighted by Crippen LogP contribution is 2.48. The molecule has 2 aromatic carbocycles. The van der Waals surface area contributed by atoms with Crippen LogP contribution in [0, 0.1) is 0 Å². The molecule has 1 atom stereocenters. The number of carbonyl (C=O) groups is 2. The van der Waals surface area contributed by atoms with Crippen molar-refractivity contribution in [1.82, 2.24) is 5.32 Å². The summed E-state index contributed by atoms with van der Waals surface area (Å²) >= 11 is 0. The number of benzene rings is 2. The van der Waals surface area contributed by atoms with Crippen LogP contribution in [0.2, 0.25) is 0 Å². The van der Waals surface area contributed by atoms with Crippen LogP contribution in [-0.2, 0) is 11.2 Å². The van der Waals surface area contributed by atoms with E-state index in [2.05, 4.69) is 36.5 Å². The molecule has 2 aliphatic carbocycles. The topological polar surface area (TPSA) is 46.2 Å². The zero-order chi connectivity index (χ0) is 18.5. The Morgan fingerprint density at radius 3 is 2.41 bits per heavy atom. The second-order valence-corrected chi connectivity index (χ2v) is 7.49. The molecule has 0 bridgehead atoms. The molecular weight excluding hydrogens is 334 g/mol. The highest BCUT2D eigenvalue weighted by molar-refractivity contribution is 6.23. The van der Waals surface area contributed by atoms with Crippen LogP contribution in [0.1, 0.15) is 59.2 Å². The van der Waals surface area contributed by atoms with Gasteiger partial charge in [0.25, 0.3) is 0 Å². The number of dihydropyridines is 1. The second kappa shape index (κ2) is 6.05. The first kappa shape index (κ1) is 16.2. The number of allylic oxidation sites excluding steroid dienone is 3. The minimum absolute atomic E-state index is 0.0441. The Morgan fingerprint density at radius 2 is 1.67 bits per heavy atom. The number of hydrogen-bond acceptors (Lipinski definition) is 3. The summed E-state index contributed by atoms with van der Waals surface area (Å²) in [5.74, 6) is -0.0546. The lowest BCUT2D eigenvalue weighted by Gasteiger charge is -2.33. The van der Waals surface area contributed by atoms with Crippen molar-refractivity contribution in [1.29, 1.82) is 0 Å². The fourth-order valence-corrected chi connectivity index (χ4v) is 4.62. The zero-order valence-corrected chi connectivity index (χ0v) is 15.3. The highest BCUT2D eigenvalue weighted by Gasteiger charge is 2.43. The van der Waals surface area contributed by atoms with Crippen LogP contribution in [0.15, 0.2) is 65.4 Å². The van der Waals surface area contributed by atoms with E-state index in [4.69, 9.17) is 0 Å². The first-order valence-corrected chi connectivity index (χ1v) is 9.69. The SMILES string of the molecule is CCc1ccc(C2C3=C(CCCC3=O)NC3=C2C(=O)c2ccccc23)cc1. The summed E-state index contributed by atoms with van der Waals surface area (Å²) in [6.45, 7) is 2.13. The van der Waals surface area contributed by atoms with Gasteiger partial charge in [0.2, 0.25) is 0 Å². The maximum atomic E-state index is 13.3. The van der Waals surface area contributed by atoms with Gasteiger partial charge in [-0.1, -0.05) is 55.5 Å². The minimum Gasteiger partial charge on any atom is -0.358 e. The molecule has 27 heavy (non-hydrogen) atoms. The van der Waals surface area contributed by atoms with E-state index < -0.39 is 0 Å². The fraction of sp³-hybridized carbons (Fsp3) is 0.250. The first-order chi connectivity index (χ1) is 13.2. The van der Waals surface area contributed by atoms with Crippen LogP contribution in [-0.4, -0.2) is 11.6 Å². The van der Waals surface area contributed by atoms with E-state index in [0.717, 1.165) is 58.5 Å². The van der Waals surface area contributed by atoms with Crippen LogP contribution in [0.4, 0.5) is 0 Å². The molecule has 1 N–H and O–H groups in total. The third-order valence-corrected chi connectivity index (χ3v) is 5.99. The van der Waals surface area contributed by atoms with Gasteiger partial charge in [0.05, 0.1) is 5.70 Å². The van der Waals surface area contributed by atoms with E-state index in [1.54, 1.807) is 0 Å². The average Bonchev–Trinajstić information content (AvgIpc) is 2.99. The van der Waals surface area contributed by atoms with Gasteiger partial charge in [-0.25, -0.2) is 0 Å². The third kappa shape index (κ3) is 2.34. The van der Waals surface area contributed by atoms with Crippen LogP contribution >= 0.6 is 0 Å². The molecule has 3 nitrogen and oxygen atoms in total. The van der Waals surface area contributed by atoms with Crippen LogP contribution in [0.25, 0.3) is 5.70 Å². The molecule has 3 heteroatoms. The van der Waals surface area contributed by atoms with E-state index in [0.29, 0.717) is 6.42 Å². The van der Waals surface area contributed by atoms with Gasteiger partial charge in [-0.15, -0.1) is 0 Å². The predicted molar refractivity (Wildman–Crippen MR) is 105 cm³/mol. The lowest BCUT2D eigenvalue weighted by Crippen LogP contribution is -2.31. The Labute approximate surface area is 158 Å². The number of fused-ring (bicyclic) bond motifs is 2. The van der Waals surface area contributed by atoms with Crippen molar-refractivity contribution in [2.24, 2.45) is 0 Å². The van der Waals surface area contributed by atoms with Gasteiger partial charge in [0, 0.05) is 40.3 Å². The highest BCUT2D eigenvalue weighted by atomic mass is 16.1. The third-order valence-electron chi connectivity index (χ3n) is 5.99. The number of hydrogen-bond donors (Lipinski definition) is 1. The molecular formula is C24H21NO2. The molecule has 1 heterocycles. The summed E-state index contributed by atoms with van der Waals surface area (Å²) in [4.78, 5) is 26.2. The van der Waals surface area contributed by atoms with Crippen molar-refractivity contribution in [3.63, 3.8) is 0 Å². The van der Waals surface area contributed by atoms with E-state index in [1.165, 1.54) is 5.56 Å². The molecule has 1 unspecified atom stereocenters. The van der Waals surface area contributed by atoms with Gasteiger partial charge >= 0.3 is 0 Å². The minimum atomic E-state index is -0.269. The molecule has 0 amide bonds. The summed E-state index contributed by atoms with van der Waals surface area (Å²) in [7, 11) is 0. The van der Waals surface area contributed by atoms with Gasteiger partial charge in [-0.3, -0.25) is 9.59 Å². The number of nitrogens with one attached hydrogen (secondary N) is 1. The zero-order valence-electron chi connectivity index (χ0n) is 15.3. The Morgan fingerprint density at radius 1 is 0.926 bits per heavy atom. The average molecular weight is 355 g/mol. The molecule has 0 saturated heterocycles. The Bertz CT molecular complexity index is 1040. The smallest absolute Gasteiger partial charge is 0.192 e. The molecule has 1 aliphatic heterocycles. The van der Waals surface area contributed by atoms with Gasteiger partial charge < -0.3 is 5.32 Å². The summed E-state index contributed by atoms with van der Waals surface area (Å²) in [5, 5.41) is 3.47. The molecule has 134 valence electrons. The Balaban J connectivity index is 1.72. The first-order valence-electron chi connectivity index (χ1n) is 9.69. The second-order valence-electron chi connectivity index (χ2n) is 7.49. The summed E-state index contributed by atoms with van der Waals surface area (Å²) in [6.07, 6.45) is 3.26. The van der Waals surface area contributed by atoms with Gasteiger partial charge in [0.1, 0.15) is 0 Å². The maximum absolute atomic E-state index is 13.3. The molecule has 0 fully saturated rings. The monoisotopic (exact) mass is 355 g/mol. The van der Waals surface area contributed by atoms with Crippen LogP contribution in [0.3, 0.4) is 0 Å². The molecule has 0 spiro atoms. The van der Waals surface area contributed by atoms with Crippen LogP contribution in [0.5, 0.6) is 0 Å². The summed E-state index contributed by atoms with van der Waals surface area (Å²) < 4.78 is 0. The van der Waals surface area contributed by atoms with E-state index in [-0.39, 0.29) is 17.5 Å². The Kier molecular flexibility index (Phi) is 3.64. The van der Waals surface area contributed by atoms with E-state index in [9.17, 15) is 9.59 Å². The maximum Gasteiger partial charge on any atom is 0.192 e. The summed E-state index contributed by atoms with van der Waals surface area (Å²) in [5.41, 5.74) is 7.40. The number of Topliss-reactive ketones (excluding diaryl/α,β-unsaturated/α-hetero) is 2. The van der Waals surface area contributed by atoms with Gasteiger partial charge in [-0.2, -0.15) is 0 Å². The lowest BCUT2D eigenvalue weighted by molar-refractivity contribution is -0.116. The van der Waals surface area contributed by atoms with Crippen molar-refractivity contribution in [3.05, 3.63) is 87.6 Å². The standard InChI is InChI=1S/C24H21NO2/c1-2-14-10-12-15(13-11-14)20-21-18(8-5-9-19(21)26)25-23-16-6-3-4-7-17(16)24(27)22(20)23/h3-4,6-7,10-13,20,25H,2,5,8-9H2,1H3. The molecule has 0 radical (unpaired) electrons. The van der Waals surface area contributed by atoms with Crippen molar-refractivity contribution in [2.45, 2.75) is 38.5 Å². The molecule has 3 aliphatic rings. The molecule has 5 rings (SSSR count). The Hall–Kier alpha value is -2.94.